The van der Waals surface area contributed by atoms with Crippen LogP contribution in [0.4, 0.5) is 4.79 Å². The standard InChI is InChI=1S/C25H30Br2N2O6/c1-25(2,3)35-24(31)28-11-8-12-33-22-19(26)13-18(14-20(22)27)15-21(23(30)32-4)29-34-16-17-9-6-5-7-10-17/h5-7,9-10,13-14H,8,11-12,15-16H2,1-4H3,(H,28,31)/b29-21-. The number of alkyl carbamates (subject to hydrolysis) is 1. The number of oxime groups is 1. The Hall–Kier alpha value is -2.59. The molecular weight excluding hydrogens is 584 g/mol. The Morgan fingerprint density at radius 3 is 2.29 bits per heavy atom. The van der Waals surface area contributed by atoms with Crippen LogP contribution in [0.5, 0.6) is 5.75 Å². The van der Waals surface area contributed by atoms with E-state index in [1.165, 1.54) is 7.11 Å². The van der Waals surface area contributed by atoms with Gasteiger partial charge < -0.3 is 24.4 Å². The summed E-state index contributed by atoms with van der Waals surface area (Å²) in [6, 6.07) is 13.2. The lowest BCUT2D eigenvalue weighted by Crippen LogP contribution is -2.33. The SMILES string of the molecule is COC(=O)/C(Cc1cc(Br)c(OCCCNC(=O)OC(C)(C)C)c(Br)c1)=N\OCc1ccccc1. The zero-order chi connectivity index (χ0) is 25.8. The van der Waals surface area contributed by atoms with E-state index in [2.05, 4.69) is 42.3 Å². The fourth-order valence-electron chi connectivity index (χ4n) is 2.82. The molecule has 0 unspecified atom stereocenters. The van der Waals surface area contributed by atoms with Crippen LogP contribution in [0.2, 0.25) is 0 Å². The summed E-state index contributed by atoms with van der Waals surface area (Å²) in [7, 11) is 1.30. The Bertz CT molecular complexity index is 999. The van der Waals surface area contributed by atoms with Crippen molar-refractivity contribution in [2.24, 2.45) is 5.16 Å². The van der Waals surface area contributed by atoms with Crippen molar-refractivity contribution in [2.45, 2.75) is 45.8 Å². The molecule has 1 N–H and O–H groups in total. The molecule has 0 heterocycles. The third kappa shape index (κ3) is 10.7. The van der Waals surface area contributed by atoms with Crippen molar-refractivity contribution in [1.82, 2.24) is 5.32 Å². The molecule has 35 heavy (non-hydrogen) atoms. The lowest BCUT2D eigenvalue weighted by molar-refractivity contribution is -0.133. The molecule has 0 bridgehead atoms. The molecule has 0 spiro atoms. The highest BCUT2D eigenvalue weighted by Crippen LogP contribution is 2.35. The van der Waals surface area contributed by atoms with E-state index in [-0.39, 0.29) is 18.7 Å². The monoisotopic (exact) mass is 612 g/mol. The largest absolute Gasteiger partial charge is 0.491 e. The second kappa shape index (κ2) is 14.1. The Balaban J connectivity index is 1.93. The predicted octanol–water partition coefficient (Wildman–Crippen LogP) is 5.79. The molecule has 0 aliphatic carbocycles. The number of nitrogens with zero attached hydrogens (tertiary/aromatic N) is 1. The van der Waals surface area contributed by atoms with Crippen LogP contribution in [-0.2, 0) is 32.1 Å². The first-order valence-corrected chi connectivity index (χ1v) is 12.6. The van der Waals surface area contributed by atoms with Gasteiger partial charge in [0.15, 0.2) is 5.71 Å². The number of ether oxygens (including phenoxy) is 3. The number of hydrogen-bond donors (Lipinski definition) is 1. The number of rotatable bonds is 11. The van der Waals surface area contributed by atoms with E-state index in [1.807, 2.05) is 63.2 Å². The molecule has 190 valence electrons. The minimum atomic E-state index is -0.567. The van der Waals surface area contributed by atoms with Gasteiger partial charge in [-0.05, 0) is 82.3 Å². The topological polar surface area (TPSA) is 95.5 Å². The minimum Gasteiger partial charge on any atom is -0.491 e. The van der Waals surface area contributed by atoms with E-state index in [1.54, 1.807) is 0 Å². The van der Waals surface area contributed by atoms with Gasteiger partial charge in [-0.2, -0.15) is 0 Å². The van der Waals surface area contributed by atoms with Crippen molar-refractivity contribution in [1.29, 1.82) is 0 Å². The van der Waals surface area contributed by atoms with Crippen molar-refractivity contribution in [2.75, 3.05) is 20.3 Å². The van der Waals surface area contributed by atoms with E-state index >= 15 is 0 Å². The quantitative estimate of drug-likeness (QED) is 0.149. The van der Waals surface area contributed by atoms with E-state index in [4.69, 9.17) is 19.0 Å². The van der Waals surface area contributed by atoms with Crippen LogP contribution in [0, 0.1) is 0 Å². The number of benzene rings is 2. The lowest BCUT2D eigenvalue weighted by atomic mass is 10.1. The lowest BCUT2D eigenvalue weighted by Gasteiger charge is -2.19. The first-order valence-electron chi connectivity index (χ1n) is 11.0. The minimum absolute atomic E-state index is 0.143. The zero-order valence-corrected chi connectivity index (χ0v) is 23.4. The normalized spacial score (nSPS) is 11.5. The Morgan fingerprint density at radius 2 is 1.69 bits per heavy atom. The molecular formula is C25H30Br2N2O6. The van der Waals surface area contributed by atoms with Gasteiger partial charge in [0.2, 0.25) is 0 Å². The summed E-state index contributed by atoms with van der Waals surface area (Å²) in [5.41, 5.74) is 1.35. The van der Waals surface area contributed by atoms with Crippen LogP contribution in [-0.4, -0.2) is 43.6 Å². The van der Waals surface area contributed by atoms with Crippen LogP contribution in [0.25, 0.3) is 0 Å². The molecule has 10 heteroatoms. The van der Waals surface area contributed by atoms with Crippen molar-refractivity contribution >= 4 is 49.6 Å². The maximum atomic E-state index is 12.2. The van der Waals surface area contributed by atoms with Gasteiger partial charge >= 0.3 is 12.1 Å². The van der Waals surface area contributed by atoms with Gasteiger partial charge in [0.05, 0.1) is 22.7 Å². The van der Waals surface area contributed by atoms with Crippen LogP contribution >= 0.6 is 31.9 Å². The average molecular weight is 614 g/mol. The number of nitrogens with one attached hydrogen (secondary N) is 1. The molecule has 2 rings (SSSR count). The zero-order valence-electron chi connectivity index (χ0n) is 20.2. The van der Waals surface area contributed by atoms with Crippen LogP contribution in [0.1, 0.15) is 38.3 Å². The van der Waals surface area contributed by atoms with E-state index < -0.39 is 17.7 Å². The molecule has 0 radical (unpaired) electrons. The highest BCUT2D eigenvalue weighted by molar-refractivity contribution is 9.11. The van der Waals surface area contributed by atoms with E-state index in [0.717, 1.165) is 11.1 Å². The van der Waals surface area contributed by atoms with E-state index in [9.17, 15) is 9.59 Å². The van der Waals surface area contributed by atoms with Crippen molar-refractivity contribution < 1.29 is 28.6 Å². The second-order valence-electron chi connectivity index (χ2n) is 8.48. The van der Waals surface area contributed by atoms with Gasteiger partial charge in [0, 0.05) is 13.0 Å². The second-order valence-corrected chi connectivity index (χ2v) is 10.2. The average Bonchev–Trinajstić information content (AvgIpc) is 2.78. The number of amides is 1. The highest BCUT2D eigenvalue weighted by Gasteiger charge is 2.18. The summed E-state index contributed by atoms with van der Waals surface area (Å²) >= 11 is 7.04. The molecule has 8 nitrogen and oxygen atoms in total. The maximum absolute atomic E-state index is 12.2. The third-order valence-electron chi connectivity index (χ3n) is 4.34. The number of carbonyl (C=O) groups is 2. The smallest absolute Gasteiger partial charge is 0.407 e. The summed E-state index contributed by atoms with van der Waals surface area (Å²) in [4.78, 5) is 29.3. The van der Waals surface area contributed by atoms with Gasteiger partial charge in [-0.15, -0.1) is 0 Å². The fourth-order valence-corrected chi connectivity index (χ4v) is 4.33. The van der Waals surface area contributed by atoms with Gasteiger partial charge in [-0.1, -0.05) is 35.5 Å². The van der Waals surface area contributed by atoms with Crippen molar-refractivity contribution in [3.63, 3.8) is 0 Å². The molecule has 2 aromatic carbocycles. The molecule has 1 amide bonds. The number of halogens is 2. The van der Waals surface area contributed by atoms with Crippen LogP contribution in [0.3, 0.4) is 0 Å². The van der Waals surface area contributed by atoms with Gasteiger partial charge in [-0.3, -0.25) is 0 Å². The third-order valence-corrected chi connectivity index (χ3v) is 5.51. The number of methoxy groups -OCH3 is 1. The first kappa shape index (κ1) is 28.6. The summed E-state index contributed by atoms with van der Waals surface area (Å²) < 4.78 is 17.3. The number of esters is 1. The summed E-state index contributed by atoms with van der Waals surface area (Å²) in [5, 5.41) is 6.70. The van der Waals surface area contributed by atoms with Crippen molar-refractivity contribution in [3.05, 3.63) is 62.5 Å². The highest BCUT2D eigenvalue weighted by atomic mass is 79.9. The molecule has 0 saturated carbocycles. The van der Waals surface area contributed by atoms with E-state index in [0.29, 0.717) is 34.3 Å². The van der Waals surface area contributed by atoms with Crippen LogP contribution in [0.15, 0.2) is 56.6 Å². The molecule has 2 aromatic rings. The summed E-state index contributed by atoms with van der Waals surface area (Å²) in [6.07, 6.45) is 0.344. The molecule has 0 atom stereocenters. The van der Waals surface area contributed by atoms with Crippen LogP contribution < -0.4 is 10.1 Å². The molecule has 0 aliphatic heterocycles. The maximum Gasteiger partial charge on any atom is 0.407 e. The number of carbonyl (C=O) groups excluding carboxylic acids is 2. The van der Waals surface area contributed by atoms with Gasteiger partial charge in [-0.25, -0.2) is 9.59 Å². The Kier molecular flexibility index (Phi) is 11.5. The first-order chi connectivity index (χ1) is 16.6. The van der Waals surface area contributed by atoms with Gasteiger partial charge in [0.25, 0.3) is 0 Å². The molecule has 0 aromatic heterocycles. The Morgan fingerprint density at radius 1 is 1.03 bits per heavy atom. The predicted molar refractivity (Wildman–Crippen MR) is 141 cm³/mol. The molecule has 0 fully saturated rings. The summed E-state index contributed by atoms with van der Waals surface area (Å²) in [6.45, 7) is 6.48. The fraction of sp³-hybridized carbons (Fsp3) is 0.400. The van der Waals surface area contributed by atoms with Gasteiger partial charge in [0.1, 0.15) is 18.0 Å². The number of hydrogen-bond acceptors (Lipinski definition) is 7. The van der Waals surface area contributed by atoms with Crippen molar-refractivity contribution in [3.8, 4) is 5.75 Å². The molecule has 0 aliphatic rings. The Labute approximate surface area is 222 Å². The summed E-state index contributed by atoms with van der Waals surface area (Å²) in [5.74, 6) is 0.0472. The molecule has 0 saturated heterocycles.